The van der Waals surface area contributed by atoms with Gasteiger partial charge in [-0.3, -0.25) is 0 Å². The van der Waals surface area contributed by atoms with Gasteiger partial charge in [0.1, 0.15) is 0 Å². The van der Waals surface area contributed by atoms with Crippen molar-refractivity contribution in [2.45, 2.75) is 38.5 Å². The third-order valence-corrected chi connectivity index (χ3v) is 5.29. The lowest BCUT2D eigenvalue weighted by Crippen LogP contribution is -2.19. The van der Waals surface area contributed by atoms with Crippen molar-refractivity contribution < 1.29 is 0 Å². The van der Waals surface area contributed by atoms with E-state index < -0.39 is 0 Å². The fraction of sp³-hybridized carbons (Fsp3) is 0.368. The molecule has 110 valence electrons. The maximum Gasteiger partial charge on any atom is 0.0595 e. The van der Waals surface area contributed by atoms with Gasteiger partial charge in [0.05, 0.1) is 10.0 Å². The molecule has 2 heteroatoms. The van der Waals surface area contributed by atoms with Gasteiger partial charge in [-0.15, -0.1) is 0 Å². The number of halogens is 2. The van der Waals surface area contributed by atoms with Crippen molar-refractivity contribution >= 4 is 23.2 Å². The Morgan fingerprint density at radius 2 is 1.86 bits per heavy atom. The highest BCUT2D eigenvalue weighted by molar-refractivity contribution is 6.42. The Balaban J connectivity index is 2.01. The summed E-state index contributed by atoms with van der Waals surface area (Å²) in [7, 11) is 0. The highest BCUT2D eigenvalue weighted by Crippen LogP contribution is 2.41. The lowest BCUT2D eigenvalue weighted by atomic mass is 9.73. The Kier molecular flexibility index (Phi) is 4.57. The number of hydrogen-bond donors (Lipinski definition) is 0. The van der Waals surface area contributed by atoms with E-state index in [1.165, 1.54) is 42.4 Å². The summed E-state index contributed by atoms with van der Waals surface area (Å²) in [5.41, 5.74) is 4.25. The lowest BCUT2D eigenvalue weighted by molar-refractivity contribution is 0.398. The molecule has 0 nitrogen and oxygen atoms in total. The summed E-state index contributed by atoms with van der Waals surface area (Å²) in [5.74, 6) is 1.21. The quantitative estimate of drug-likeness (QED) is 0.606. The molecule has 0 bridgehead atoms. The first-order chi connectivity index (χ1) is 10.2. The topological polar surface area (TPSA) is 0 Å². The molecule has 3 rings (SSSR count). The average molecular weight is 319 g/mol. The smallest absolute Gasteiger partial charge is 0.0595 e. The van der Waals surface area contributed by atoms with Crippen LogP contribution in [0.1, 0.15) is 48.8 Å². The Labute approximate surface area is 137 Å². The molecule has 0 aromatic heterocycles. The van der Waals surface area contributed by atoms with Crippen LogP contribution in [0.2, 0.25) is 10.0 Å². The SMILES string of the molecule is CCC[C@@H]1Cc2ccccc2[C@H](c2ccc(Cl)c(Cl)c2)C1. The highest BCUT2D eigenvalue weighted by atomic mass is 35.5. The minimum atomic E-state index is 0.446. The molecule has 0 unspecified atom stereocenters. The van der Waals surface area contributed by atoms with Crippen molar-refractivity contribution in [1.29, 1.82) is 0 Å². The molecular formula is C19H20Cl2. The Morgan fingerprint density at radius 1 is 1.05 bits per heavy atom. The second kappa shape index (κ2) is 6.42. The van der Waals surface area contributed by atoms with Crippen LogP contribution in [0.5, 0.6) is 0 Å². The van der Waals surface area contributed by atoms with Gasteiger partial charge < -0.3 is 0 Å². The van der Waals surface area contributed by atoms with Crippen LogP contribution < -0.4 is 0 Å². The third kappa shape index (κ3) is 3.12. The maximum atomic E-state index is 6.23. The molecule has 0 saturated heterocycles. The first-order valence-electron chi connectivity index (χ1n) is 7.71. The Bertz CT molecular complexity index is 633. The third-order valence-electron chi connectivity index (χ3n) is 4.55. The molecule has 1 aliphatic carbocycles. The molecule has 0 radical (unpaired) electrons. The molecule has 0 spiro atoms. The zero-order chi connectivity index (χ0) is 14.8. The van der Waals surface area contributed by atoms with Gasteiger partial charge in [-0.1, -0.05) is 73.3 Å². The molecule has 2 aromatic carbocycles. The monoisotopic (exact) mass is 318 g/mol. The van der Waals surface area contributed by atoms with Crippen molar-refractivity contribution in [3.05, 3.63) is 69.2 Å². The van der Waals surface area contributed by atoms with Gasteiger partial charge in [0.15, 0.2) is 0 Å². The second-order valence-corrected chi connectivity index (χ2v) is 6.83. The number of hydrogen-bond acceptors (Lipinski definition) is 0. The van der Waals surface area contributed by atoms with Gasteiger partial charge in [-0.25, -0.2) is 0 Å². The largest absolute Gasteiger partial charge is 0.0827 e. The fourth-order valence-corrected chi connectivity index (χ4v) is 3.89. The first kappa shape index (κ1) is 14.9. The predicted octanol–water partition coefficient (Wildman–Crippen LogP) is 6.49. The summed E-state index contributed by atoms with van der Waals surface area (Å²) >= 11 is 12.3. The molecule has 1 aliphatic rings. The summed E-state index contributed by atoms with van der Waals surface area (Å²) < 4.78 is 0. The molecule has 0 aliphatic heterocycles. The number of benzene rings is 2. The van der Waals surface area contributed by atoms with Gasteiger partial charge in [-0.2, -0.15) is 0 Å². The predicted molar refractivity (Wildman–Crippen MR) is 91.5 cm³/mol. The van der Waals surface area contributed by atoms with E-state index >= 15 is 0 Å². The summed E-state index contributed by atoms with van der Waals surface area (Å²) in [4.78, 5) is 0. The Hall–Kier alpha value is -0.980. The zero-order valence-corrected chi connectivity index (χ0v) is 13.8. The Morgan fingerprint density at radius 3 is 2.62 bits per heavy atom. The standard InChI is InChI=1S/C19H20Cl2/c1-2-5-13-10-14-6-3-4-7-16(14)17(11-13)15-8-9-18(20)19(21)12-15/h3-4,6-9,12-13,17H,2,5,10-11H2,1H3/t13-,17+/m1/s1. The first-order valence-corrected chi connectivity index (χ1v) is 8.47. The molecule has 2 atom stereocenters. The van der Waals surface area contributed by atoms with E-state index in [4.69, 9.17) is 23.2 Å². The van der Waals surface area contributed by atoms with E-state index in [-0.39, 0.29) is 0 Å². The van der Waals surface area contributed by atoms with E-state index in [0.29, 0.717) is 16.0 Å². The zero-order valence-electron chi connectivity index (χ0n) is 12.3. The van der Waals surface area contributed by atoms with Crippen LogP contribution in [0.15, 0.2) is 42.5 Å². The summed E-state index contributed by atoms with van der Waals surface area (Å²) in [6.45, 7) is 2.27. The van der Waals surface area contributed by atoms with Crippen LogP contribution in [0.4, 0.5) is 0 Å². The van der Waals surface area contributed by atoms with Crippen LogP contribution in [-0.2, 0) is 6.42 Å². The maximum absolute atomic E-state index is 6.23. The molecule has 0 amide bonds. The van der Waals surface area contributed by atoms with Crippen LogP contribution in [0.25, 0.3) is 0 Å². The minimum absolute atomic E-state index is 0.446. The van der Waals surface area contributed by atoms with E-state index in [2.05, 4.69) is 37.3 Å². The normalized spacial score (nSPS) is 21.1. The van der Waals surface area contributed by atoms with E-state index in [1.807, 2.05) is 12.1 Å². The number of fused-ring (bicyclic) bond motifs is 1. The van der Waals surface area contributed by atoms with Crippen molar-refractivity contribution in [3.8, 4) is 0 Å². The van der Waals surface area contributed by atoms with Crippen molar-refractivity contribution in [2.24, 2.45) is 5.92 Å². The number of rotatable bonds is 3. The minimum Gasteiger partial charge on any atom is -0.0827 e. The van der Waals surface area contributed by atoms with Crippen LogP contribution in [0, 0.1) is 5.92 Å². The van der Waals surface area contributed by atoms with Crippen LogP contribution in [0.3, 0.4) is 0 Å². The lowest BCUT2D eigenvalue weighted by Gasteiger charge is -2.32. The molecule has 0 saturated carbocycles. The molecule has 21 heavy (non-hydrogen) atoms. The molecule has 0 fully saturated rings. The fourth-order valence-electron chi connectivity index (χ4n) is 3.59. The summed E-state index contributed by atoms with van der Waals surface area (Å²) in [6.07, 6.45) is 4.97. The van der Waals surface area contributed by atoms with Gasteiger partial charge >= 0.3 is 0 Å². The van der Waals surface area contributed by atoms with Crippen molar-refractivity contribution in [3.63, 3.8) is 0 Å². The van der Waals surface area contributed by atoms with Crippen LogP contribution >= 0.6 is 23.2 Å². The van der Waals surface area contributed by atoms with Gasteiger partial charge in [-0.05, 0) is 47.6 Å². The van der Waals surface area contributed by atoms with E-state index in [9.17, 15) is 0 Å². The molecule has 0 N–H and O–H groups in total. The van der Waals surface area contributed by atoms with Gasteiger partial charge in [0.25, 0.3) is 0 Å². The van der Waals surface area contributed by atoms with E-state index in [0.717, 1.165) is 5.92 Å². The summed E-state index contributed by atoms with van der Waals surface area (Å²) in [5, 5.41) is 1.29. The van der Waals surface area contributed by atoms with Crippen molar-refractivity contribution in [2.75, 3.05) is 0 Å². The molecular weight excluding hydrogens is 299 g/mol. The molecule has 2 aromatic rings. The molecule has 0 heterocycles. The van der Waals surface area contributed by atoms with Crippen molar-refractivity contribution in [1.82, 2.24) is 0 Å². The highest BCUT2D eigenvalue weighted by Gasteiger charge is 2.27. The van der Waals surface area contributed by atoms with Gasteiger partial charge in [0.2, 0.25) is 0 Å². The second-order valence-electron chi connectivity index (χ2n) is 6.02. The summed E-state index contributed by atoms with van der Waals surface area (Å²) in [6, 6.07) is 14.9. The average Bonchev–Trinajstić information content (AvgIpc) is 2.50. The van der Waals surface area contributed by atoms with Crippen LogP contribution in [-0.4, -0.2) is 0 Å². The van der Waals surface area contributed by atoms with Gasteiger partial charge in [0, 0.05) is 5.92 Å². The van der Waals surface area contributed by atoms with E-state index in [1.54, 1.807) is 0 Å².